The molecule has 1 N–H and O–H groups in total. The second-order valence-corrected chi connectivity index (χ2v) is 5.90. The minimum absolute atomic E-state index is 0.373. The van der Waals surface area contributed by atoms with Crippen molar-refractivity contribution in [2.75, 3.05) is 26.2 Å². The monoisotopic (exact) mass is 242 g/mol. The topological polar surface area (TPSA) is 24.5 Å². The fourth-order valence-electron chi connectivity index (χ4n) is 2.47. The zero-order valence-corrected chi connectivity index (χ0v) is 12.2. The zero-order chi connectivity index (χ0) is 12.8. The van der Waals surface area contributed by atoms with Crippen molar-refractivity contribution < 1.29 is 4.74 Å². The summed E-state index contributed by atoms with van der Waals surface area (Å²) in [5.41, 5.74) is 0. The third-order valence-corrected chi connectivity index (χ3v) is 3.46. The summed E-state index contributed by atoms with van der Waals surface area (Å²) in [6.45, 7) is 15.5. The average molecular weight is 242 g/mol. The van der Waals surface area contributed by atoms with E-state index in [1.54, 1.807) is 0 Å². The van der Waals surface area contributed by atoms with Gasteiger partial charge in [-0.15, -0.1) is 0 Å². The normalized spacial score (nSPS) is 25.2. The molecule has 1 saturated heterocycles. The van der Waals surface area contributed by atoms with Gasteiger partial charge in [0.05, 0.1) is 6.10 Å². The number of rotatable bonds is 5. The van der Waals surface area contributed by atoms with Crippen molar-refractivity contribution in [2.45, 2.75) is 59.2 Å². The van der Waals surface area contributed by atoms with Gasteiger partial charge in [-0.05, 0) is 19.3 Å². The van der Waals surface area contributed by atoms with Gasteiger partial charge in [-0.25, -0.2) is 0 Å². The highest BCUT2D eigenvalue weighted by atomic mass is 16.5. The first kappa shape index (κ1) is 14.9. The van der Waals surface area contributed by atoms with Crippen LogP contribution in [-0.2, 0) is 4.74 Å². The predicted octanol–water partition coefficient (Wildman–Crippen LogP) is 2.12. The second kappa shape index (κ2) is 7.34. The third kappa shape index (κ3) is 5.36. The van der Waals surface area contributed by atoms with E-state index in [-0.39, 0.29) is 0 Å². The van der Waals surface area contributed by atoms with Crippen molar-refractivity contribution in [3.05, 3.63) is 0 Å². The Kier molecular flexibility index (Phi) is 6.45. The molecule has 1 rings (SSSR count). The van der Waals surface area contributed by atoms with E-state index in [0.717, 1.165) is 26.1 Å². The van der Waals surface area contributed by atoms with Gasteiger partial charge < -0.3 is 10.1 Å². The van der Waals surface area contributed by atoms with Gasteiger partial charge in [0.15, 0.2) is 0 Å². The smallest absolute Gasteiger partial charge is 0.0674 e. The summed E-state index contributed by atoms with van der Waals surface area (Å²) < 4.78 is 5.73. The van der Waals surface area contributed by atoms with Crippen molar-refractivity contribution in [2.24, 2.45) is 5.92 Å². The van der Waals surface area contributed by atoms with Crippen LogP contribution in [0.5, 0.6) is 0 Å². The lowest BCUT2D eigenvalue weighted by Gasteiger charge is -2.35. The number of nitrogens with one attached hydrogen (secondary N) is 1. The standard InChI is InChI=1S/C14H30N2O/c1-11(2)14(9-15-12(3)4)16-7-6-8-17-13(5)10-16/h11-15H,6-10H2,1-5H3. The lowest BCUT2D eigenvalue weighted by atomic mass is 10.0. The average Bonchev–Trinajstić information content (AvgIpc) is 2.42. The molecule has 1 fully saturated rings. The van der Waals surface area contributed by atoms with Gasteiger partial charge in [0.25, 0.3) is 0 Å². The summed E-state index contributed by atoms with van der Waals surface area (Å²) in [6, 6.07) is 1.19. The maximum Gasteiger partial charge on any atom is 0.0674 e. The molecular weight excluding hydrogens is 212 g/mol. The van der Waals surface area contributed by atoms with Crippen molar-refractivity contribution >= 4 is 0 Å². The fourth-order valence-corrected chi connectivity index (χ4v) is 2.47. The summed E-state index contributed by atoms with van der Waals surface area (Å²) in [4.78, 5) is 2.61. The van der Waals surface area contributed by atoms with Crippen molar-refractivity contribution in [3.8, 4) is 0 Å². The Morgan fingerprint density at radius 1 is 1.29 bits per heavy atom. The Morgan fingerprint density at radius 2 is 2.00 bits per heavy atom. The Hall–Kier alpha value is -0.120. The zero-order valence-electron chi connectivity index (χ0n) is 12.2. The molecule has 0 spiro atoms. The third-order valence-electron chi connectivity index (χ3n) is 3.46. The summed E-state index contributed by atoms with van der Waals surface area (Å²) in [6.07, 6.45) is 1.53. The van der Waals surface area contributed by atoms with Crippen LogP contribution >= 0.6 is 0 Å². The van der Waals surface area contributed by atoms with Gasteiger partial charge in [-0.3, -0.25) is 4.90 Å². The van der Waals surface area contributed by atoms with E-state index in [4.69, 9.17) is 4.74 Å². The van der Waals surface area contributed by atoms with Crippen LogP contribution in [0.15, 0.2) is 0 Å². The molecule has 2 atom stereocenters. The lowest BCUT2D eigenvalue weighted by molar-refractivity contribution is 0.0550. The molecule has 1 aliphatic rings. The van der Waals surface area contributed by atoms with Crippen LogP contribution in [0.2, 0.25) is 0 Å². The van der Waals surface area contributed by atoms with E-state index in [2.05, 4.69) is 44.8 Å². The van der Waals surface area contributed by atoms with Gasteiger partial charge >= 0.3 is 0 Å². The first-order valence-corrected chi connectivity index (χ1v) is 7.09. The van der Waals surface area contributed by atoms with Gasteiger partial charge in [0, 0.05) is 38.3 Å². The van der Waals surface area contributed by atoms with Crippen molar-refractivity contribution in [3.63, 3.8) is 0 Å². The maximum atomic E-state index is 5.73. The van der Waals surface area contributed by atoms with Crippen LogP contribution in [0.3, 0.4) is 0 Å². The number of hydrogen-bond acceptors (Lipinski definition) is 3. The molecule has 1 heterocycles. The van der Waals surface area contributed by atoms with E-state index in [1.807, 2.05) is 0 Å². The Balaban J connectivity index is 2.54. The van der Waals surface area contributed by atoms with Gasteiger partial charge in [-0.1, -0.05) is 27.7 Å². The van der Waals surface area contributed by atoms with Crippen LogP contribution in [0.25, 0.3) is 0 Å². The molecule has 17 heavy (non-hydrogen) atoms. The molecule has 0 saturated carbocycles. The van der Waals surface area contributed by atoms with E-state index in [0.29, 0.717) is 24.1 Å². The first-order valence-electron chi connectivity index (χ1n) is 7.09. The summed E-state index contributed by atoms with van der Waals surface area (Å²) in [5, 5.41) is 3.58. The largest absolute Gasteiger partial charge is 0.377 e. The summed E-state index contributed by atoms with van der Waals surface area (Å²) >= 11 is 0. The van der Waals surface area contributed by atoms with Crippen molar-refractivity contribution in [1.29, 1.82) is 0 Å². The molecular formula is C14H30N2O. The molecule has 102 valence electrons. The predicted molar refractivity (Wildman–Crippen MR) is 73.4 cm³/mol. The minimum atomic E-state index is 0.373. The molecule has 0 aromatic rings. The molecule has 0 bridgehead atoms. The molecule has 0 radical (unpaired) electrons. The molecule has 1 aliphatic heterocycles. The molecule has 0 amide bonds. The molecule has 3 heteroatoms. The Labute approximate surface area is 107 Å². The number of hydrogen-bond donors (Lipinski definition) is 1. The van der Waals surface area contributed by atoms with E-state index >= 15 is 0 Å². The highest BCUT2D eigenvalue weighted by Crippen LogP contribution is 2.15. The second-order valence-electron chi connectivity index (χ2n) is 5.90. The Bertz CT molecular complexity index is 206. The van der Waals surface area contributed by atoms with Crippen LogP contribution in [0, 0.1) is 5.92 Å². The fraction of sp³-hybridized carbons (Fsp3) is 1.00. The lowest BCUT2D eigenvalue weighted by Crippen LogP contribution is -2.48. The number of nitrogens with zero attached hydrogens (tertiary/aromatic N) is 1. The minimum Gasteiger partial charge on any atom is -0.377 e. The summed E-state index contributed by atoms with van der Waals surface area (Å²) in [7, 11) is 0. The molecule has 0 aliphatic carbocycles. The SMILES string of the molecule is CC(C)NCC(C(C)C)N1CCCOC(C)C1. The van der Waals surface area contributed by atoms with Crippen molar-refractivity contribution in [1.82, 2.24) is 10.2 Å². The van der Waals surface area contributed by atoms with Crippen LogP contribution in [0.1, 0.15) is 41.0 Å². The van der Waals surface area contributed by atoms with E-state index < -0.39 is 0 Å². The van der Waals surface area contributed by atoms with Gasteiger partial charge in [0.1, 0.15) is 0 Å². The first-order chi connectivity index (χ1) is 8.00. The quantitative estimate of drug-likeness (QED) is 0.799. The van der Waals surface area contributed by atoms with Gasteiger partial charge in [-0.2, -0.15) is 0 Å². The van der Waals surface area contributed by atoms with E-state index in [9.17, 15) is 0 Å². The number of ether oxygens (including phenoxy) is 1. The Morgan fingerprint density at radius 3 is 2.59 bits per heavy atom. The molecule has 0 aromatic carbocycles. The summed E-state index contributed by atoms with van der Waals surface area (Å²) in [5.74, 6) is 0.687. The molecule has 2 unspecified atom stereocenters. The molecule has 0 aromatic heterocycles. The highest BCUT2D eigenvalue weighted by Gasteiger charge is 2.25. The maximum absolute atomic E-state index is 5.73. The molecule has 3 nitrogen and oxygen atoms in total. The van der Waals surface area contributed by atoms with Crippen LogP contribution in [0.4, 0.5) is 0 Å². The van der Waals surface area contributed by atoms with E-state index in [1.165, 1.54) is 6.54 Å². The van der Waals surface area contributed by atoms with Crippen LogP contribution in [-0.4, -0.2) is 49.3 Å². The highest BCUT2D eigenvalue weighted by molar-refractivity contribution is 4.80. The van der Waals surface area contributed by atoms with Crippen LogP contribution < -0.4 is 5.32 Å². The van der Waals surface area contributed by atoms with Gasteiger partial charge in [0.2, 0.25) is 0 Å².